The predicted molar refractivity (Wildman–Crippen MR) is 198 cm³/mol. The molecule has 2 atom stereocenters. The molecular weight excluding hydrogens is 610 g/mol. The van der Waals surface area contributed by atoms with Crippen LogP contribution in [0.15, 0.2) is 127 Å². The monoisotopic (exact) mass is 655 g/mol. The number of hydrogen-bond donors (Lipinski definition) is 3. The molecule has 5 aromatic rings. The summed E-state index contributed by atoms with van der Waals surface area (Å²) in [5.41, 5.74) is 3.81. The molecule has 0 spiro atoms. The van der Waals surface area contributed by atoms with Crippen molar-refractivity contribution in [2.75, 3.05) is 43.9 Å². The van der Waals surface area contributed by atoms with Crippen LogP contribution in [0.3, 0.4) is 0 Å². The third kappa shape index (κ3) is 9.39. The van der Waals surface area contributed by atoms with Crippen molar-refractivity contribution in [2.45, 2.75) is 37.8 Å². The lowest BCUT2D eigenvalue weighted by molar-refractivity contribution is 0.149. The SMILES string of the molecule is COc1ccc(CCN2CCC[C@@H]2CN(C(=O)Nc2ccccc2)[C@H](CNC(=O)Nc2ccccc2)Cc2ccc3ccccc3c2)cc1. The van der Waals surface area contributed by atoms with Crippen LogP contribution in [-0.2, 0) is 12.8 Å². The summed E-state index contributed by atoms with van der Waals surface area (Å²) < 4.78 is 5.34. The van der Waals surface area contributed by atoms with Crippen LogP contribution in [0.1, 0.15) is 24.0 Å². The van der Waals surface area contributed by atoms with Crippen LogP contribution in [0, 0.1) is 0 Å². The van der Waals surface area contributed by atoms with E-state index in [0.717, 1.165) is 54.7 Å². The number of nitrogens with one attached hydrogen (secondary N) is 3. The summed E-state index contributed by atoms with van der Waals surface area (Å²) in [6.45, 7) is 2.72. The number of para-hydroxylation sites is 2. The Kier molecular flexibility index (Phi) is 11.4. The molecule has 6 rings (SSSR count). The van der Waals surface area contributed by atoms with Crippen LogP contribution in [0.2, 0.25) is 0 Å². The van der Waals surface area contributed by atoms with Gasteiger partial charge < -0.3 is 25.6 Å². The molecule has 252 valence electrons. The van der Waals surface area contributed by atoms with Crippen molar-refractivity contribution in [3.8, 4) is 5.75 Å². The van der Waals surface area contributed by atoms with Crippen LogP contribution < -0.4 is 20.7 Å². The molecule has 5 aromatic carbocycles. The van der Waals surface area contributed by atoms with E-state index in [4.69, 9.17) is 4.74 Å². The van der Waals surface area contributed by atoms with Crippen molar-refractivity contribution in [2.24, 2.45) is 0 Å². The number of methoxy groups -OCH3 is 1. The van der Waals surface area contributed by atoms with Gasteiger partial charge in [-0.25, -0.2) is 9.59 Å². The van der Waals surface area contributed by atoms with Crippen molar-refractivity contribution in [1.82, 2.24) is 15.1 Å². The molecule has 0 saturated carbocycles. The summed E-state index contributed by atoms with van der Waals surface area (Å²) in [7, 11) is 1.68. The number of urea groups is 2. The van der Waals surface area contributed by atoms with Crippen LogP contribution >= 0.6 is 0 Å². The Morgan fingerprint density at radius 3 is 2.16 bits per heavy atom. The molecule has 3 N–H and O–H groups in total. The first-order chi connectivity index (χ1) is 24.0. The van der Waals surface area contributed by atoms with Crippen molar-refractivity contribution in [1.29, 1.82) is 0 Å². The maximum absolute atomic E-state index is 14.3. The average molecular weight is 656 g/mol. The number of carbonyl (C=O) groups is 2. The molecule has 1 aliphatic heterocycles. The lowest BCUT2D eigenvalue weighted by Crippen LogP contribution is -2.54. The topological polar surface area (TPSA) is 85.9 Å². The second-order valence-corrected chi connectivity index (χ2v) is 12.6. The van der Waals surface area contributed by atoms with E-state index in [1.54, 1.807) is 7.11 Å². The maximum atomic E-state index is 14.3. The van der Waals surface area contributed by atoms with Gasteiger partial charge in [0.05, 0.1) is 13.2 Å². The second-order valence-electron chi connectivity index (χ2n) is 12.6. The minimum Gasteiger partial charge on any atom is -0.497 e. The Morgan fingerprint density at radius 2 is 1.45 bits per heavy atom. The van der Waals surface area contributed by atoms with Crippen molar-refractivity contribution in [3.05, 3.63) is 139 Å². The Bertz CT molecular complexity index is 1800. The Labute approximate surface area is 289 Å². The molecule has 1 heterocycles. The first kappa shape index (κ1) is 33.6. The summed E-state index contributed by atoms with van der Waals surface area (Å²) >= 11 is 0. The fraction of sp³-hybridized carbons (Fsp3) is 0.268. The van der Waals surface area contributed by atoms with Crippen LogP contribution in [-0.4, -0.2) is 67.2 Å². The van der Waals surface area contributed by atoms with E-state index in [-0.39, 0.29) is 30.7 Å². The average Bonchev–Trinajstić information content (AvgIpc) is 3.59. The number of amides is 4. The summed E-state index contributed by atoms with van der Waals surface area (Å²) in [4.78, 5) is 31.9. The van der Waals surface area contributed by atoms with Crippen LogP contribution in [0.25, 0.3) is 10.8 Å². The highest BCUT2D eigenvalue weighted by molar-refractivity contribution is 5.90. The lowest BCUT2D eigenvalue weighted by Gasteiger charge is -2.36. The third-order valence-corrected chi connectivity index (χ3v) is 9.30. The molecule has 1 saturated heterocycles. The molecule has 1 fully saturated rings. The molecule has 8 heteroatoms. The zero-order valence-corrected chi connectivity index (χ0v) is 28.1. The van der Waals surface area contributed by atoms with Gasteiger partial charge in [0, 0.05) is 37.1 Å². The summed E-state index contributed by atoms with van der Waals surface area (Å²) in [6, 6.07) is 41.3. The normalized spacial score (nSPS) is 15.0. The number of anilines is 2. The Hall–Kier alpha value is -5.34. The number of benzene rings is 5. The van der Waals surface area contributed by atoms with E-state index in [1.165, 1.54) is 10.9 Å². The van der Waals surface area contributed by atoms with E-state index in [1.807, 2.05) is 89.8 Å². The molecular formula is C41H45N5O3. The summed E-state index contributed by atoms with van der Waals surface area (Å²) in [5, 5.41) is 11.5. The highest BCUT2D eigenvalue weighted by atomic mass is 16.5. The molecule has 0 aromatic heterocycles. The van der Waals surface area contributed by atoms with E-state index < -0.39 is 0 Å². The summed E-state index contributed by atoms with van der Waals surface area (Å²) in [5.74, 6) is 0.853. The zero-order valence-electron chi connectivity index (χ0n) is 28.1. The predicted octanol–water partition coefficient (Wildman–Crippen LogP) is 7.82. The molecule has 1 aliphatic rings. The van der Waals surface area contributed by atoms with Gasteiger partial charge in [0.2, 0.25) is 0 Å². The fourth-order valence-corrected chi connectivity index (χ4v) is 6.64. The van der Waals surface area contributed by atoms with Gasteiger partial charge in [-0.15, -0.1) is 0 Å². The van der Waals surface area contributed by atoms with Gasteiger partial charge in [-0.05, 0) is 90.5 Å². The number of nitrogens with zero attached hydrogens (tertiary/aromatic N) is 2. The van der Waals surface area contributed by atoms with Crippen molar-refractivity contribution >= 4 is 34.2 Å². The van der Waals surface area contributed by atoms with Gasteiger partial charge in [-0.2, -0.15) is 0 Å². The third-order valence-electron chi connectivity index (χ3n) is 9.30. The van der Waals surface area contributed by atoms with Gasteiger partial charge in [0.15, 0.2) is 0 Å². The van der Waals surface area contributed by atoms with Gasteiger partial charge >= 0.3 is 12.1 Å². The molecule has 0 unspecified atom stereocenters. The fourth-order valence-electron chi connectivity index (χ4n) is 6.64. The standard InChI is InChI=1S/C41H45N5O3/c1-49-39-22-19-31(20-23-39)24-26-45-25-10-17-37(45)30-46(41(48)44-36-15-6-3-7-16-36)38(29-42-40(47)43-35-13-4-2-5-14-35)28-32-18-21-33-11-8-9-12-34(33)27-32/h2-9,11-16,18-23,27,37-38H,10,17,24-26,28-30H2,1H3,(H,44,48)(H2,42,43,47)/t37-,38+/m1/s1. The van der Waals surface area contributed by atoms with Gasteiger partial charge in [0.1, 0.15) is 5.75 Å². The molecule has 0 bridgehead atoms. The second kappa shape index (κ2) is 16.7. The maximum Gasteiger partial charge on any atom is 0.322 e. The minimum absolute atomic E-state index is 0.177. The summed E-state index contributed by atoms with van der Waals surface area (Å²) in [6.07, 6.45) is 3.58. The molecule has 0 radical (unpaired) electrons. The van der Waals surface area contributed by atoms with Crippen LogP contribution in [0.5, 0.6) is 5.75 Å². The Balaban J connectivity index is 1.25. The van der Waals surface area contributed by atoms with E-state index in [0.29, 0.717) is 18.7 Å². The lowest BCUT2D eigenvalue weighted by atomic mass is 10.00. The quantitative estimate of drug-likeness (QED) is 0.121. The zero-order chi connectivity index (χ0) is 33.8. The first-order valence-electron chi connectivity index (χ1n) is 17.1. The molecule has 4 amide bonds. The number of hydrogen-bond acceptors (Lipinski definition) is 4. The van der Waals surface area contributed by atoms with Crippen molar-refractivity contribution < 1.29 is 14.3 Å². The first-order valence-corrected chi connectivity index (χ1v) is 17.1. The minimum atomic E-state index is -0.310. The van der Waals surface area contributed by atoms with Crippen LogP contribution in [0.4, 0.5) is 21.0 Å². The number of fused-ring (bicyclic) bond motifs is 1. The molecule has 8 nitrogen and oxygen atoms in total. The number of carbonyl (C=O) groups excluding carboxylic acids is 2. The van der Waals surface area contributed by atoms with E-state index in [2.05, 4.69) is 63.3 Å². The van der Waals surface area contributed by atoms with Crippen molar-refractivity contribution in [3.63, 3.8) is 0 Å². The largest absolute Gasteiger partial charge is 0.497 e. The number of rotatable bonds is 13. The van der Waals surface area contributed by atoms with Gasteiger partial charge in [0.25, 0.3) is 0 Å². The molecule has 49 heavy (non-hydrogen) atoms. The van der Waals surface area contributed by atoms with E-state index >= 15 is 0 Å². The van der Waals surface area contributed by atoms with Gasteiger partial charge in [-0.3, -0.25) is 4.90 Å². The number of likely N-dealkylation sites (tertiary alicyclic amines) is 1. The number of ether oxygens (including phenoxy) is 1. The van der Waals surface area contributed by atoms with Gasteiger partial charge in [-0.1, -0.05) is 91.0 Å². The molecule has 0 aliphatic carbocycles. The highest BCUT2D eigenvalue weighted by Crippen LogP contribution is 2.24. The smallest absolute Gasteiger partial charge is 0.322 e. The Morgan fingerprint density at radius 1 is 0.796 bits per heavy atom. The highest BCUT2D eigenvalue weighted by Gasteiger charge is 2.32. The van der Waals surface area contributed by atoms with E-state index in [9.17, 15) is 9.59 Å².